The van der Waals surface area contributed by atoms with Gasteiger partial charge in [0.2, 0.25) is 0 Å². The highest BCUT2D eigenvalue weighted by Crippen LogP contribution is 2.31. The van der Waals surface area contributed by atoms with Crippen molar-refractivity contribution < 1.29 is 18.1 Å². The second kappa shape index (κ2) is 10.4. The van der Waals surface area contributed by atoms with Gasteiger partial charge in [0.25, 0.3) is 21.6 Å². The third-order valence-electron chi connectivity index (χ3n) is 4.56. The van der Waals surface area contributed by atoms with Crippen LogP contribution in [0.1, 0.15) is 12.5 Å². The summed E-state index contributed by atoms with van der Waals surface area (Å²) in [6.07, 6.45) is 0. The molecule has 0 saturated heterocycles. The largest absolute Gasteiger partial charge is 0.293 e. The highest BCUT2D eigenvalue weighted by molar-refractivity contribution is 9.10. The molecule has 0 aliphatic carbocycles. The number of sulfonamides is 1. The number of carbonyl (C=O) groups excluding carboxylic acids is 1. The van der Waals surface area contributed by atoms with E-state index >= 15 is 0 Å². The van der Waals surface area contributed by atoms with Gasteiger partial charge >= 0.3 is 0 Å². The number of carbonyl (C=O) groups is 1. The average molecular weight is 531 g/mol. The number of rotatable bonds is 8. The molecule has 0 bridgehead atoms. The predicted molar refractivity (Wildman–Crippen MR) is 129 cm³/mol. The molecule has 0 fully saturated rings. The molecule has 33 heavy (non-hydrogen) atoms. The fraction of sp³-hybridized carbons (Fsp3) is 0.0909. The number of benzene rings is 3. The van der Waals surface area contributed by atoms with Crippen LogP contribution >= 0.6 is 15.9 Å². The molecule has 0 spiro atoms. The van der Waals surface area contributed by atoms with Crippen LogP contribution in [0.25, 0.3) is 0 Å². The van der Waals surface area contributed by atoms with Crippen LogP contribution in [-0.2, 0) is 14.8 Å². The zero-order valence-electron chi connectivity index (χ0n) is 17.4. The maximum atomic E-state index is 13.3. The van der Waals surface area contributed by atoms with Crippen LogP contribution in [0.15, 0.2) is 93.3 Å². The van der Waals surface area contributed by atoms with Crippen molar-refractivity contribution in [2.75, 3.05) is 10.8 Å². The SMILES string of the molecule is C/C(=N/NC(=O)CN(c1ccccc1[N+](=O)[O-])S(=O)(=O)c1ccccc1)c1cccc(Br)c1. The summed E-state index contributed by atoms with van der Waals surface area (Å²) in [4.78, 5) is 23.4. The molecule has 11 heteroatoms. The van der Waals surface area contributed by atoms with Crippen molar-refractivity contribution in [3.8, 4) is 0 Å². The number of hydrogen-bond donors (Lipinski definition) is 1. The molecule has 3 aromatic carbocycles. The third-order valence-corrected chi connectivity index (χ3v) is 6.82. The van der Waals surface area contributed by atoms with Gasteiger partial charge in [0.1, 0.15) is 12.2 Å². The summed E-state index contributed by atoms with van der Waals surface area (Å²) in [7, 11) is -4.29. The van der Waals surface area contributed by atoms with Crippen molar-refractivity contribution in [3.63, 3.8) is 0 Å². The number of nitrogens with one attached hydrogen (secondary N) is 1. The lowest BCUT2D eigenvalue weighted by atomic mass is 10.1. The fourth-order valence-corrected chi connectivity index (χ4v) is 4.79. The van der Waals surface area contributed by atoms with E-state index in [4.69, 9.17) is 0 Å². The van der Waals surface area contributed by atoms with Crippen LogP contribution in [0.3, 0.4) is 0 Å². The van der Waals surface area contributed by atoms with Crippen LogP contribution in [0.5, 0.6) is 0 Å². The van der Waals surface area contributed by atoms with Crippen LogP contribution in [0, 0.1) is 10.1 Å². The molecule has 0 saturated carbocycles. The van der Waals surface area contributed by atoms with E-state index in [1.807, 2.05) is 18.2 Å². The molecule has 3 aromatic rings. The van der Waals surface area contributed by atoms with Gasteiger partial charge in [-0.3, -0.25) is 14.9 Å². The normalized spacial score (nSPS) is 11.6. The molecule has 0 aliphatic rings. The van der Waals surface area contributed by atoms with Gasteiger partial charge in [-0.05, 0) is 42.8 Å². The Morgan fingerprint density at radius 1 is 1.06 bits per heavy atom. The second-order valence-electron chi connectivity index (χ2n) is 6.81. The molecule has 0 aromatic heterocycles. The van der Waals surface area contributed by atoms with E-state index in [1.165, 1.54) is 48.5 Å². The zero-order valence-corrected chi connectivity index (χ0v) is 19.8. The van der Waals surface area contributed by atoms with Gasteiger partial charge in [-0.15, -0.1) is 0 Å². The molecular weight excluding hydrogens is 512 g/mol. The van der Waals surface area contributed by atoms with Gasteiger partial charge in [0.05, 0.1) is 15.5 Å². The lowest BCUT2D eigenvalue weighted by molar-refractivity contribution is -0.384. The second-order valence-corrected chi connectivity index (χ2v) is 9.59. The first-order valence-electron chi connectivity index (χ1n) is 9.60. The van der Waals surface area contributed by atoms with E-state index in [1.54, 1.807) is 19.1 Å². The molecule has 0 atom stereocenters. The summed E-state index contributed by atoms with van der Waals surface area (Å²) in [5.74, 6) is -0.762. The Balaban J connectivity index is 1.95. The number of anilines is 1. The summed E-state index contributed by atoms with van der Waals surface area (Å²) >= 11 is 3.36. The Kier molecular flexibility index (Phi) is 7.56. The monoisotopic (exact) mass is 530 g/mol. The van der Waals surface area contributed by atoms with Gasteiger partial charge in [-0.25, -0.2) is 18.1 Å². The highest BCUT2D eigenvalue weighted by atomic mass is 79.9. The highest BCUT2D eigenvalue weighted by Gasteiger charge is 2.31. The lowest BCUT2D eigenvalue weighted by Gasteiger charge is -2.23. The van der Waals surface area contributed by atoms with Crippen LogP contribution in [0.2, 0.25) is 0 Å². The first kappa shape index (κ1) is 24.1. The number of nitrogens with zero attached hydrogens (tertiary/aromatic N) is 3. The molecular formula is C22H19BrN4O5S. The lowest BCUT2D eigenvalue weighted by Crippen LogP contribution is -2.40. The average Bonchev–Trinajstić information content (AvgIpc) is 2.81. The number of halogens is 1. The molecule has 0 unspecified atom stereocenters. The Labute approximate surface area is 199 Å². The zero-order chi connectivity index (χ0) is 24.0. The molecule has 1 amide bonds. The molecule has 0 aliphatic heterocycles. The summed E-state index contributed by atoms with van der Waals surface area (Å²) in [6, 6.07) is 20.0. The van der Waals surface area contributed by atoms with Gasteiger partial charge in [-0.2, -0.15) is 5.10 Å². The van der Waals surface area contributed by atoms with Crippen molar-refractivity contribution in [3.05, 3.63) is 99.0 Å². The van der Waals surface area contributed by atoms with E-state index in [0.29, 0.717) is 10.0 Å². The van der Waals surface area contributed by atoms with Crippen LogP contribution in [0.4, 0.5) is 11.4 Å². The quantitative estimate of drug-likeness (QED) is 0.267. The van der Waals surface area contributed by atoms with Crippen molar-refractivity contribution in [2.45, 2.75) is 11.8 Å². The predicted octanol–water partition coefficient (Wildman–Crippen LogP) is 4.09. The number of amides is 1. The van der Waals surface area contributed by atoms with E-state index < -0.39 is 33.1 Å². The van der Waals surface area contributed by atoms with Crippen LogP contribution < -0.4 is 9.73 Å². The van der Waals surface area contributed by atoms with E-state index in [-0.39, 0.29) is 10.6 Å². The van der Waals surface area contributed by atoms with Crippen molar-refractivity contribution in [1.29, 1.82) is 0 Å². The molecule has 9 nitrogen and oxygen atoms in total. The molecule has 0 radical (unpaired) electrons. The molecule has 3 rings (SSSR count). The molecule has 1 N–H and O–H groups in total. The minimum absolute atomic E-state index is 0.107. The first-order chi connectivity index (χ1) is 15.7. The third kappa shape index (κ3) is 5.82. The number of para-hydroxylation sites is 2. The number of hydrogen-bond acceptors (Lipinski definition) is 6. The molecule has 170 valence electrons. The minimum atomic E-state index is -4.29. The smallest absolute Gasteiger partial charge is 0.271 e. The summed E-state index contributed by atoms with van der Waals surface area (Å²) in [5, 5.41) is 15.6. The van der Waals surface area contributed by atoms with Gasteiger partial charge in [0.15, 0.2) is 0 Å². The van der Waals surface area contributed by atoms with E-state index in [9.17, 15) is 23.3 Å². The van der Waals surface area contributed by atoms with Gasteiger partial charge in [-0.1, -0.05) is 58.4 Å². The summed E-state index contributed by atoms with van der Waals surface area (Å²) < 4.78 is 28.2. The van der Waals surface area contributed by atoms with Crippen LogP contribution in [-0.4, -0.2) is 31.5 Å². The van der Waals surface area contributed by atoms with Gasteiger partial charge < -0.3 is 0 Å². The topological polar surface area (TPSA) is 122 Å². The Morgan fingerprint density at radius 2 is 1.73 bits per heavy atom. The van der Waals surface area contributed by atoms with Gasteiger partial charge in [0, 0.05) is 10.5 Å². The molecule has 0 heterocycles. The van der Waals surface area contributed by atoms with Crippen molar-refractivity contribution in [2.24, 2.45) is 5.10 Å². The summed E-state index contributed by atoms with van der Waals surface area (Å²) in [6.45, 7) is 0.972. The number of hydrazone groups is 1. The fourth-order valence-electron chi connectivity index (χ4n) is 2.94. The maximum Gasteiger partial charge on any atom is 0.293 e. The minimum Gasteiger partial charge on any atom is -0.271 e. The standard InChI is InChI=1S/C22H19BrN4O5S/c1-16(17-8-7-9-18(23)14-17)24-25-22(28)15-26(20-12-5-6-13-21(20)27(29)30)33(31,32)19-10-3-2-4-11-19/h2-14H,15H2,1H3,(H,25,28)/b24-16-. The first-order valence-corrected chi connectivity index (χ1v) is 11.8. The summed E-state index contributed by atoms with van der Waals surface area (Å²) in [5.41, 5.74) is 2.90. The van der Waals surface area contributed by atoms with Crippen molar-refractivity contribution >= 4 is 48.9 Å². The maximum absolute atomic E-state index is 13.3. The Hall–Kier alpha value is -3.57. The van der Waals surface area contributed by atoms with E-state index in [0.717, 1.165) is 10.0 Å². The van der Waals surface area contributed by atoms with Crippen molar-refractivity contribution in [1.82, 2.24) is 5.43 Å². The van der Waals surface area contributed by atoms with E-state index in [2.05, 4.69) is 26.5 Å². The Morgan fingerprint density at radius 3 is 2.39 bits per heavy atom. The Bertz CT molecular complexity index is 1310. The number of nitro groups is 1. The number of nitro benzene ring substituents is 1.